The van der Waals surface area contributed by atoms with Crippen molar-refractivity contribution in [3.05, 3.63) is 53.3 Å². The quantitative estimate of drug-likeness (QED) is 0.880. The van der Waals surface area contributed by atoms with Gasteiger partial charge in [0.25, 0.3) is 0 Å². The summed E-state index contributed by atoms with van der Waals surface area (Å²) < 4.78 is 2.08. The highest BCUT2D eigenvalue weighted by Gasteiger charge is 2.20. The number of aliphatic hydroxyl groups is 1. The summed E-state index contributed by atoms with van der Waals surface area (Å²) in [6.07, 6.45) is 1.66. The standard InChI is InChI=1S/C19H28N4O/c1-21(2)15-19(24)18-13-17-14-22(10-6-11-23(17)20-18)12-9-16-7-4-3-5-8-16/h3-5,7-8,13,19,24H,6,9-12,14-15H2,1-2H3. The maximum atomic E-state index is 10.3. The van der Waals surface area contributed by atoms with Gasteiger partial charge in [0.15, 0.2) is 0 Å². The SMILES string of the molecule is CN(C)CC(O)c1cc2n(n1)CCCN(CCc1ccccc1)C2. The Morgan fingerprint density at radius 1 is 1.21 bits per heavy atom. The van der Waals surface area contributed by atoms with Crippen LogP contribution in [0.1, 0.15) is 29.5 Å². The second-order valence-corrected chi connectivity index (χ2v) is 6.93. The maximum absolute atomic E-state index is 10.3. The molecule has 1 aliphatic rings. The lowest BCUT2D eigenvalue weighted by atomic mass is 10.1. The van der Waals surface area contributed by atoms with Crippen LogP contribution in [-0.4, -0.2) is 58.4 Å². The van der Waals surface area contributed by atoms with Crippen LogP contribution < -0.4 is 0 Å². The van der Waals surface area contributed by atoms with E-state index in [1.54, 1.807) is 0 Å². The number of aromatic nitrogens is 2. The molecule has 1 atom stereocenters. The van der Waals surface area contributed by atoms with Gasteiger partial charge in [0.05, 0.1) is 11.4 Å². The highest BCUT2D eigenvalue weighted by atomic mass is 16.3. The lowest BCUT2D eigenvalue weighted by Gasteiger charge is -2.19. The first-order chi connectivity index (χ1) is 11.6. The molecular weight excluding hydrogens is 300 g/mol. The second-order valence-electron chi connectivity index (χ2n) is 6.93. The van der Waals surface area contributed by atoms with Crippen molar-refractivity contribution in [2.24, 2.45) is 0 Å². The molecule has 5 nitrogen and oxygen atoms in total. The van der Waals surface area contributed by atoms with Crippen molar-refractivity contribution in [1.82, 2.24) is 19.6 Å². The third kappa shape index (κ3) is 4.44. The van der Waals surface area contributed by atoms with Crippen LogP contribution in [0.4, 0.5) is 0 Å². The zero-order valence-corrected chi connectivity index (χ0v) is 14.7. The van der Waals surface area contributed by atoms with Crippen molar-refractivity contribution < 1.29 is 5.11 Å². The normalized spacial score (nSPS) is 16.8. The molecule has 2 aromatic rings. The van der Waals surface area contributed by atoms with E-state index in [0.29, 0.717) is 6.54 Å². The third-order valence-corrected chi connectivity index (χ3v) is 4.55. The number of aryl methyl sites for hydroxylation is 1. The number of hydrogen-bond acceptors (Lipinski definition) is 4. The van der Waals surface area contributed by atoms with Crippen LogP contribution in [0.5, 0.6) is 0 Å². The van der Waals surface area contributed by atoms with Gasteiger partial charge in [-0.15, -0.1) is 0 Å². The molecule has 0 saturated carbocycles. The highest BCUT2D eigenvalue weighted by molar-refractivity contribution is 5.16. The molecule has 1 aromatic heterocycles. The molecule has 5 heteroatoms. The smallest absolute Gasteiger partial charge is 0.110 e. The Morgan fingerprint density at radius 3 is 2.75 bits per heavy atom. The number of benzene rings is 1. The Morgan fingerprint density at radius 2 is 2.00 bits per heavy atom. The fourth-order valence-corrected chi connectivity index (χ4v) is 3.28. The van der Waals surface area contributed by atoms with Crippen LogP contribution in [0.25, 0.3) is 0 Å². The lowest BCUT2D eigenvalue weighted by Crippen LogP contribution is -2.25. The third-order valence-electron chi connectivity index (χ3n) is 4.55. The summed E-state index contributed by atoms with van der Waals surface area (Å²) in [5.74, 6) is 0. The molecule has 1 unspecified atom stereocenters. The molecule has 0 fully saturated rings. The minimum Gasteiger partial charge on any atom is -0.385 e. The van der Waals surface area contributed by atoms with Gasteiger partial charge < -0.3 is 10.0 Å². The molecule has 2 heterocycles. The van der Waals surface area contributed by atoms with Gasteiger partial charge in [0.1, 0.15) is 6.10 Å². The highest BCUT2D eigenvalue weighted by Crippen LogP contribution is 2.19. The van der Waals surface area contributed by atoms with Crippen LogP contribution in [0.15, 0.2) is 36.4 Å². The first-order valence-electron chi connectivity index (χ1n) is 8.77. The van der Waals surface area contributed by atoms with Crippen LogP contribution in [0, 0.1) is 0 Å². The minimum atomic E-state index is -0.516. The van der Waals surface area contributed by atoms with E-state index in [2.05, 4.69) is 51.1 Å². The summed E-state index contributed by atoms with van der Waals surface area (Å²) in [5, 5.41) is 14.9. The Labute approximate surface area is 144 Å². The van der Waals surface area contributed by atoms with Gasteiger partial charge in [-0.3, -0.25) is 9.58 Å². The summed E-state index contributed by atoms with van der Waals surface area (Å²) in [6, 6.07) is 12.7. The van der Waals surface area contributed by atoms with E-state index in [9.17, 15) is 5.11 Å². The number of aliphatic hydroxyl groups excluding tert-OH is 1. The van der Waals surface area contributed by atoms with Crippen molar-refractivity contribution in [3.8, 4) is 0 Å². The Hall–Kier alpha value is -1.69. The predicted octanol–water partition coefficient (Wildman–Crippen LogP) is 1.93. The van der Waals surface area contributed by atoms with Gasteiger partial charge in [-0.2, -0.15) is 5.10 Å². The fraction of sp³-hybridized carbons (Fsp3) is 0.526. The van der Waals surface area contributed by atoms with Gasteiger partial charge in [-0.25, -0.2) is 0 Å². The maximum Gasteiger partial charge on any atom is 0.110 e. The van der Waals surface area contributed by atoms with Gasteiger partial charge in [0, 0.05) is 32.7 Å². The van der Waals surface area contributed by atoms with E-state index < -0.39 is 6.10 Å². The van der Waals surface area contributed by atoms with Gasteiger partial charge in [0.2, 0.25) is 0 Å². The van der Waals surface area contributed by atoms with E-state index in [0.717, 1.165) is 44.7 Å². The summed E-state index contributed by atoms with van der Waals surface area (Å²) in [7, 11) is 3.94. The van der Waals surface area contributed by atoms with Crippen LogP contribution in [0.3, 0.4) is 0 Å². The molecule has 1 aliphatic heterocycles. The zero-order chi connectivity index (χ0) is 16.9. The van der Waals surface area contributed by atoms with Gasteiger partial charge in [-0.05, 0) is 38.6 Å². The monoisotopic (exact) mass is 328 g/mol. The predicted molar refractivity (Wildman–Crippen MR) is 95.8 cm³/mol. The number of hydrogen-bond donors (Lipinski definition) is 1. The van der Waals surface area contributed by atoms with Gasteiger partial charge >= 0.3 is 0 Å². The Balaban J connectivity index is 1.63. The average Bonchev–Trinajstić information content (AvgIpc) is 2.86. The van der Waals surface area contributed by atoms with E-state index in [4.69, 9.17) is 0 Å². The van der Waals surface area contributed by atoms with Crippen molar-refractivity contribution in [2.75, 3.05) is 33.7 Å². The summed E-state index contributed by atoms with van der Waals surface area (Å²) in [6.45, 7) is 4.62. The van der Waals surface area contributed by atoms with Crippen molar-refractivity contribution in [3.63, 3.8) is 0 Å². The summed E-state index contributed by atoms with van der Waals surface area (Å²) in [4.78, 5) is 4.48. The fourth-order valence-electron chi connectivity index (χ4n) is 3.28. The summed E-state index contributed by atoms with van der Waals surface area (Å²) >= 11 is 0. The van der Waals surface area contributed by atoms with E-state index in [1.165, 1.54) is 11.3 Å². The van der Waals surface area contributed by atoms with Gasteiger partial charge in [-0.1, -0.05) is 30.3 Å². The average molecular weight is 328 g/mol. The first-order valence-corrected chi connectivity index (χ1v) is 8.77. The molecule has 0 radical (unpaired) electrons. The van der Waals surface area contributed by atoms with Crippen molar-refractivity contribution in [2.45, 2.75) is 32.0 Å². The number of fused-ring (bicyclic) bond motifs is 1. The molecule has 130 valence electrons. The van der Waals surface area contributed by atoms with E-state index in [1.807, 2.05) is 19.0 Å². The van der Waals surface area contributed by atoms with Crippen LogP contribution >= 0.6 is 0 Å². The van der Waals surface area contributed by atoms with Crippen molar-refractivity contribution >= 4 is 0 Å². The number of rotatable bonds is 6. The minimum absolute atomic E-state index is 0.516. The van der Waals surface area contributed by atoms with Crippen LogP contribution in [-0.2, 0) is 19.5 Å². The topological polar surface area (TPSA) is 44.5 Å². The summed E-state index contributed by atoms with van der Waals surface area (Å²) in [5.41, 5.74) is 3.40. The Bertz CT molecular complexity index is 638. The second kappa shape index (κ2) is 7.92. The molecule has 3 rings (SSSR count). The molecule has 1 aromatic carbocycles. The molecule has 0 amide bonds. The molecule has 0 saturated heterocycles. The number of likely N-dealkylation sites (N-methyl/N-ethyl adjacent to an activating group) is 1. The largest absolute Gasteiger partial charge is 0.385 e. The molecule has 0 spiro atoms. The Kier molecular flexibility index (Phi) is 5.66. The zero-order valence-electron chi connectivity index (χ0n) is 14.7. The molecule has 0 aliphatic carbocycles. The van der Waals surface area contributed by atoms with E-state index >= 15 is 0 Å². The molecule has 24 heavy (non-hydrogen) atoms. The van der Waals surface area contributed by atoms with Crippen molar-refractivity contribution in [1.29, 1.82) is 0 Å². The molecule has 0 bridgehead atoms. The lowest BCUT2D eigenvalue weighted by molar-refractivity contribution is 0.133. The van der Waals surface area contributed by atoms with E-state index in [-0.39, 0.29) is 0 Å². The first kappa shape index (κ1) is 17.1. The molecular formula is C19H28N4O. The molecule has 1 N–H and O–H groups in total. The van der Waals surface area contributed by atoms with Crippen LogP contribution in [0.2, 0.25) is 0 Å². The number of nitrogens with zero attached hydrogens (tertiary/aromatic N) is 4.